The molecule has 0 unspecified atom stereocenters. The molecule has 1 heterocycles. The van der Waals surface area contributed by atoms with E-state index in [2.05, 4.69) is 19.2 Å². The number of anilines is 1. The van der Waals surface area contributed by atoms with Crippen LogP contribution in [-0.4, -0.2) is 31.7 Å². The zero-order valence-electron chi connectivity index (χ0n) is 17.5. The molecule has 1 fully saturated rings. The van der Waals surface area contributed by atoms with Crippen LogP contribution in [0.4, 0.5) is 10.1 Å². The van der Waals surface area contributed by atoms with Crippen molar-refractivity contribution in [1.82, 2.24) is 4.31 Å². The third-order valence-electron chi connectivity index (χ3n) is 5.73. The molecule has 1 N–H and O–H groups in total. The van der Waals surface area contributed by atoms with Gasteiger partial charge in [0, 0.05) is 24.7 Å². The lowest BCUT2D eigenvalue weighted by molar-refractivity contribution is -0.120. The maximum atomic E-state index is 13.0. The average Bonchev–Trinajstić information content (AvgIpc) is 2.75. The third-order valence-corrected chi connectivity index (χ3v) is 7.58. The van der Waals surface area contributed by atoms with Crippen LogP contribution in [0.3, 0.4) is 0 Å². The van der Waals surface area contributed by atoms with Crippen LogP contribution in [0.15, 0.2) is 42.5 Å². The largest absolute Gasteiger partial charge is 0.325 e. The van der Waals surface area contributed by atoms with E-state index in [1.54, 1.807) is 0 Å². The second kappa shape index (κ2) is 9.71. The van der Waals surface area contributed by atoms with Crippen LogP contribution in [0.2, 0.25) is 0 Å². The van der Waals surface area contributed by atoms with Crippen molar-refractivity contribution in [3.8, 4) is 0 Å². The number of hydrogen-bond acceptors (Lipinski definition) is 3. The van der Waals surface area contributed by atoms with Gasteiger partial charge < -0.3 is 5.32 Å². The number of sulfonamides is 1. The molecule has 1 amide bonds. The van der Waals surface area contributed by atoms with E-state index in [0.29, 0.717) is 31.5 Å². The molecule has 3 rings (SSSR count). The monoisotopic (exact) mass is 432 g/mol. The van der Waals surface area contributed by atoms with Gasteiger partial charge in [0.25, 0.3) is 0 Å². The minimum Gasteiger partial charge on any atom is -0.325 e. The summed E-state index contributed by atoms with van der Waals surface area (Å²) in [5, 5.41) is 3.11. The lowest BCUT2D eigenvalue weighted by Gasteiger charge is -2.31. The summed E-state index contributed by atoms with van der Waals surface area (Å²) in [6.07, 6.45) is 2.65. The molecule has 2 aromatic carbocycles. The molecular formula is C23H29FN2O3S. The smallest absolute Gasteiger partial charge is 0.227 e. The van der Waals surface area contributed by atoms with E-state index in [-0.39, 0.29) is 23.4 Å². The highest BCUT2D eigenvalue weighted by atomic mass is 32.2. The summed E-state index contributed by atoms with van der Waals surface area (Å²) in [5.41, 5.74) is 3.68. The fraction of sp³-hybridized carbons (Fsp3) is 0.435. The summed E-state index contributed by atoms with van der Waals surface area (Å²) in [6.45, 7) is 4.76. The molecule has 162 valence electrons. The van der Waals surface area contributed by atoms with Crippen molar-refractivity contribution < 1.29 is 17.6 Å². The predicted molar refractivity (Wildman–Crippen MR) is 117 cm³/mol. The van der Waals surface area contributed by atoms with Gasteiger partial charge in [-0.2, -0.15) is 0 Å². The van der Waals surface area contributed by atoms with Gasteiger partial charge in [0.2, 0.25) is 15.9 Å². The fourth-order valence-electron chi connectivity index (χ4n) is 3.91. The minimum absolute atomic E-state index is 0.0406. The van der Waals surface area contributed by atoms with Gasteiger partial charge in [-0.3, -0.25) is 4.79 Å². The van der Waals surface area contributed by atoms with Crippen LogP contribution in [0.5, 0.6) is 0 Å². The maximum Gasteiger partial charge on any atom is 0.227 e. The summed E-state index contributed by atoms with van der Waals surface area (Å²) < 4.78 is 39.9. The van der Waals surface area contributed by atoms with Crippen LogP contribution in [0, 0.1) is 11.7 Å². The lowest BCUT2D eigenvalue weighted by atomic mass is 9.96. The zero-order valence-corrected chi connectivity index (χ0v) is 18.3. The Kier molecular flexibility index (Phi) is 7.26. The molecule has 0 aromatic heterocycles. The van der Waals surface area contributed by atoms with Crippen LogP contribution < -0.4 is 5.32 Å². The van der Waals surface area contributed by atoms with Gasteiger partial charge >= 0.3 is 0 Å². The normalized spacial score (nSPS) is 15.8. The standard InChI is InChI=1S/C23H29FN2O3S/c1-3-18-6-5-7-19(4-2)22(18)25-23(27)20-12-14-26(15-13-20)30(28,29)16-17-8-10-21(24)11-9-17/h5-11,20H,3-4,12-16H2,1-2H3,(H,25,27). The number of carbonyl (C=O) groups is 1. The number of benzene rings is 2. The molecule has 0 saturated carbocycles. The Hall–Kier alpha value is -2.25. The number of piperidine rings is 1. The van der Waals surface area contributed by atoms with Gasteiger partial charge in [-0.25, -0.2) is 17.1 Å². The van der Waals surface area contributed by atoms with Gasteiger partial charge in [0.1, 0.15) is 5.82 Å². The molecule has 0 radical (unpaired) electrons. The SMILES string of the molecule is CCc1cccc(CC)c1NC(=O)C1CCN(S(=O)(=O)Cc2ccc(F)cc2)CC1. The van der Waals surface area contributed by atoms with Crippen molar-refractivity contribution >= 4 is 21.6 Å². The van der Waals surface area contributed by atoms with Crippen molar-refractivity contribution in [3.63, 3.8) is 0 Å². The van der Waals surface area contributed by atoms with Crippen LogP contribution >= 0.6 is 0 Å². The third kappa shape index (κ3) is 5.26. The molecule has 0 spiro atoms. The molecule has 30 heavy (non-hydrogen) atoms. The number of rotatable bonds is 7. The lowest BCUT2D eigenvalue weighted by Crippen LogP contribution is -2.42. The summed E-state index contributed by atoms with van der Waals surface area (Å²) >= 11 is 0. The van der Waals surface area contributed by atoms with Crippen molar-refractivity contribution in [2.24, 2.45) is 5.92 Å². The Morgan fingerprint density at radius 3 is 2.13 bits per heavy atom. The molecule has 1 aliphatic rings. The molecule has 7 heteroatoms. The molecule has 2 aromatic rings. The molecular weight excluding hydrogens is 403 g/mol. The topological polar surface area (TPSA) is 66.5 Å². The highest BCUT2D eigenvalue weighted by Crippen LogP contribution is 2.27. The Balaban J connectivity index is 1.61. The first-order valence-corrected chi connectivity index (χ1v) is 12.1. The molecule has 1 aliphatic heterocycles. The Labute approximate surface area is 178 Å². The Morgan fingerprint density at radius 2 is 1.60 bits per heavy atom. The number of aryl methyl sites for hydroxylation is 2. The number of hydrogen-bond donors (Lipinski definition) is 1. The van der Waals surface area contributed by atoms with Crippen molar-refractivity contribution in [2.75, 3.05) is 18.4 Å². The molecule has 0 aliphatic carbocycles. The Bertz CT molecular complexity index is 960. The predicted octanol–water partition coefficient (Wildman–Crippen LogP) is 4.13. The fourth-order valence-corrected chi connectivity index (χ4v) is 5.47. The summed E-state index contributed by atoms with van der Waals surface area (Å²) in [4.78, 5) is 12.9. The van der Waals surface area contributed by atoms with Crippen LogP contribution in [0.1, 0.15) is 43.4 Å². The van der Waals surface area contributed by atoms with E-state index in [0.717, 1.165) is 29.7 Å². The molecule has 1 saturated heterocycles. The van der Waals surface area contributed by atoms with E-state index in [4.69, 9.17) is 0 Å². The van der Waals surface area contributed by atoms with Gasteiger partial charge in [0.05, 0.1) is 5.75 Å². The summed E-state index contributed by atoms with van der Waals surface area (Å²) in [5.74, 6) is -0.801. The molecule has 5 nitrogen and oxygen atoms in total. The first-order chi connectivity index (χ1) is 14.3. The number of carbonyl (C=O) groups excluding carboxylic acids is 1. The second-order valence-electron chi connectivity index (χ2n) is 7.70. The average molecular weight is 433 g/mol. The number of halogens is 1. The highest BCUT2D eigenvalue weighted by molar-refractivity contribution is 7.88. The zero-order chi connectivity index (χ0) is 21.7. The minimum atomic E-state index is -3.50. The first kappa shape index (κ1) is 22.4. The molecule has 0 atom stereocenters. The number of nitrogens with zero attached hydrogens (tertiary/aromatic N) is 1. The van der Waals surface area contributed by atoms with Gasteiger partial charge in [-0.05, 0) is 54.5 Å². The highest BCUT2D eigenvalue weighted by Gasteiger charge is 2.31. The van der Waals surface area contributed by atoms with Crippen LogP contribution in [-0.2, 0) is 33.4 Å². The van der Waals surface area contributed by atoms with Gasteiger partial charge in [-0.1, -0.05) is 44.2 Å². The van der Waals surface area contributed by atoms with E-state index >= 15 is 0 Å². The first-order valence-electron chi connectivity index (χ1n) is 10.5. The van der Waals surface area contributed by atoms with E-state index in [9.17, 15) is 17.6 Å². The maximum absolute atomic E-state index is 13.0. The summed E-state index contributed by atoms with van der Waals surface area (Å²) in [7, 11) is -3.50. The number of para-hydroxylation sites is 1. The van der Waals surface area contributed by atoms with Crippen molar-refractivity contribution in [2.45, 2.75) is 45.3 Å². The quantitative estimate of drug-likeness (QED) is 0.715. The van der Waals surface area contributed by atoms with Crippen molar-refractivity contribution in [3.05, 3.63) is 65.0 Å². The number of amides is 1. The number of nitrogens with one attached hydrogen (secondary N) is 1. The van der Waals surface area contributed by atoms with Crippen LogP contribution in [0.25, 0.3) is 0 Å². The van der Waals surface area contributed by atoms with Gasteiger partial charge in [-0.15, -0.1) is 0 Å². The van der Waals surface area contributed by atoms with E-state index in [1.165, 1.54) is 28.6 Å². The van der Waals surface area contributed by atoms with Crippen molar-refractivity contribution in [1.29, 1.82) is 0 Å². The van der Waals surface area contributed by atoms with E-state index < -0.39 is 10.0 Å². The second-order valence-corrected chi connectivity index (χ2v) is 9.67. The van der Waals surface area contributed by atoms with Gasteiger partial charge in [0.15, 0.2) is 0 Å². The Morgan fingerprint density at radius 1 is 1.03 bits per heavy atom. The molecule has 0 bridgehead atoms. The summed E-state index contributed by atoms with van der Waals surface area (Å²) in [6, 6.07) is 11.6. The van der Waals surface area contributed by atoms with E-state index in [1.807, 2.05) is 18.2 Å².